The molecule has 118 valence electrons. The molecule has 0 saturated heterocycles. The molecule has 22 heavy (non-hydrogen) atoms. The van der Waals surface area contributed by atoms with Gasteiger partial charge in [0.2, 0.25) is 5.91 Å². The van der Waals surface area contributed by atoms with Gasteiger partial charge in [0.25, 0.3) is 0 Å². The molecule has 1 aromatic carbocycles. The molecule has 0 saturated carbocycles. The summed E-state index contributed by atoms with van der Waals surface area (Å²) in [6, 6.07) is 9.40. The summed E-state index contributed by atoms with van der Waals surface area (Å²) in [6.45, 7) is 7.69. The van der Waals surface area contributed by atoms with Crippen molar-refractivity contribution >= 4 is 29.3 Å². The van der Waals surface area contributed by atoms with Gasteiger partial charge in [-0.3, -0.25) is 4.79 Å². The van der Waals surface area contributed by atoms with Crippen LogP contribution in [0.4, 0.5) is 0 Å². The molecule has 2 unspecified atom stereocenters. The minimum atomic E-state index is -0.183. The van der Waals surface area contributed by atoms with Crippen LogP contribution in [0.1, 0.15) is 37.0 Å². The average Bonchev–Trinajstić information content (AvgIpc) is 2.80. The molecule has 0 aliphatic carbocycles. The molecule has 0 aliphatic rings. The second-order valence-electron chi connectivity index (χ2n) is 5.31. The highest BCUT2D eigenvalue weighted by atomic mass is 35.5. The third kappa shape index (κ3) is 4.31. The fraction of sp³-hybridized carbons (Fsp3) is 0.353. The van der Waals surface area contributed by atoms with Gasteiger partial charge in [0.15, 0.2) is 0 Å². The number of aryl methyl sites for hydroxylation is 2. The first-order valence-electron chi connectivity index (χ1n) is 7.16. The number of thioether (sulfide) groups is 1. The predicted molar refractivity (Wildman–Crippen MR) is 91.5 cm³/mol. The normalized spacial score (nSPS) is 13.7. The van der Waals surface area contributed by atoms with Crippen LogP contribution in [0.15, 0.2) is 39.6 Å². The van der Waals surface area contributed by atoms with Crippen molar-refractivity contribution in [2.24, 2.45) is 0 Å². The second kappa shape index (κ2) is 7.25. The van der Waals surface area contributed by atoms with Crippen LogP contribution in [0.5, 0.6) is 0 Å². The molecule has 5 heteroatoms. The Hall–Kier alpha value is -1.39. The van der Waals surface area contributed by atoms with Gasteiger partial charge in [-0.1, -0.05) is 11.6 Å². The van der Waals surface area contributed by atoms with Crippen LogP contribution in [0.25, 0.3) is 0 Å². The van der Waals surface area contributed by atoms with E-state index in [1.54, 1.807) is 0 Å². The molecule has 0 fully saturated rings. The zero-order chi connectivity index (χ0) is 16.3. The van der Waals surface area contributed by atoms with Crippen LogP contribution in [0, 0.1) is 13.8 Å². The van der Waals surface area contributed by atoms with Crippen molar-refractivity contribution in [3.63, 3.8) is 0 Å². The third-order valence-electron chi connectivity index (χ3n) is 3.40. The summed E-state index contributed by atoms with van der Waals surface area (Å²) >= 11 is 7.38. The molecular formula is C17H20ClNO2S. The Labute approximate surface area is 140 Å². The summed E-state index contributed by atoms with van der Waals surface area (Å²) in [6.07, 6.45) is 0. The SMILES string of the molecule is Cc1cc(C(C)NC(=O)C(C)Sc2ccc(Cl)cc2)c(C)o1. The molecule has 1 N–H and O–H groups in total. The number of rotatable bonds is 5. The number of carbonyl (C=O) groups excluding carboxylic acids is 1. The molecular weight excluding hydrogens is 318 g/mol. The van der Waals surface area contributed by atoms with Crippen LogP contribution in [-0.4, -0.2) is 11.2 Å². The third-order valence-corrected chi connectivity index (χ3v) is 4.76. The van der Waals surface area contributed by atoms with Gasteiger partial charge in [-0.2, -0.15) is 0 Å². The van der Waals surface area contributed by atoms with Crippen molar-refractivity contribution in [1.29, 1.82) is 0 Å². The van der Waals surface area contributed by atoms with Gasteiger partial charge in [0.1, 0.15) is 11.5 Å². The van der Waals surface area contributed by atoms with E-state index < -0.39 is 0 Å². The van der Waals surface area contributed by atoms with Crippen LogP contribution in [-0.2, 0) is 4.79 Å². The summed E-state index contributed by atoms with van der Waals surface area (Å²) in [5.41, 5.74) is 1.02. The number of nitrogens with one attached hydrogen (secondary N) is 1. The lowest BCUT2D eigenvalue weighted by atomic mass is 10.1. The Kier molecular flexibility index (Phi) is 5.59. The van der Waals surface area contributed by atoms with Gasteiger partial charge in [0, 0.05) is 15.5 Å². The maximum absolute atomic E-state index is 12.3. The smallest absolute Gasteiger partial charge is 0.233 e. The highest BCUT2D eigenvalue weighted by Crippen LogP contribution is 2.26. The maximum Gasteiger partial charge on any atom is 0.233 e. The molecule has 2 rings (SSSR count). The van der Waals surface area contributed by atoms with E-state index in [0.29, 0.717) is 5.02 Å². The van der Waals surface area contributed by atoms with Crippen molar-refractivity contribution < 1.29 is 9.21 Å². The predicted octanol–water partition coefficient (Wildman–Crippen LogP) is 4.91. The zero-order valence-electron chi connectivity index (χ0n) is 13.1. The number of carbonyl (C=O) groups is 1. The van der Waals surface area contributed by atoms with Gasteiger partial charge in [-0.15, -0.1) is 11.8 Å². The molecule has 1 aromatic heterocycles. The largest absolute Gasteiger partial charge is 0.466 e. The number of amides is 1. The molecule has 0 bridgehead atoms. The summed E-state index contributed by atoms with van der Waals surface area (Å²) < 4.78 is 5.52. The number of halogens is 1. The van der Waals surface area contributed by atoms with Crippen molar-refractivity contribution in [2.75, 3.05) is 0 Å². The summed E-state index contributed by atoms with van der Waals surface area (Å²) in [4.78, 5) is 13.4. The first kappa shape index (κ1) is 17.0. The first-order chi connectivity index (χ1) is 10.4. The Bertz CT molecular complexity index is 651. The van der Waals surface area contributed by atoms with Gasteiger partial charge >= 0.3 is 0 Å². The lowest BCUT2D eigenvalue weighted by Crippen LogP contribution is -2.33. The molecule has 1 heterocycles. The van der Waals surface area contributed by atoms with Crippen molar-refractivity contribution in [3.8, 4) is 0 Å². The van der Waals surface area contributed by atoms with E-state index in [4.69, 9.17) is 16.0 Å². The Morgan fingerprint density at radius 3 is 2.41 bits per heavy atom. The number of benzene rings is 1. The maximum atomic E-state index is 12.3. The van der Waals surface area contributed by atoms with Gasteiger partial charge in [-0.25, -0.2) is 0 Å². The molecule has 0 radical (unpaired) electrons. The summed E-state index contributed by atoms with van der Waals surface area (Å²) in [7, 11) is 0. The van der Waals surface area contributed by atoms with Crippen LogP contribution < -0.4 is 5.32 Å². The van der Waals surface area contributed by atoms with Crippen LogP contribution in [0.2, 0.25) is 5.02 Å². The molecule has 0 spiro atoms. The van der Waals surface area contributed by atoms with Crippen LogP contribution >= 0.6 is 23.4 Å². The van der Waals surface area contributed by atoms with Gasteiger partial charge in [0.05, 0.1) is 11.3 Å². The quantitative estimate of drug-likeness (QED) is 0.788. The average molecular weight is 338 g/mol. The lowest BCUT2D eigenvalue weighted by Gasteiger charge is -2.17. The van der Waals surface area contributed by atoms with Crippen molar-refractivity contribution in [1.82, 2.24) is 5.32 Å². The fourth-order valence-corrected chi connectivity index (χ4v) is 3.26. The highest BCUT2D eigenvalue weighted by Gasteiger charge is 2.19. The van der Waals surface area contributed by atoms with E-state index in [2.05, 4.69) is 5.32 Å². The number of furan rings is 1. The Balaban J connectivity index is 1.96. The topological polar surface area (TPSA) is 42.2 Å². The van der Waals surface area contributed by atoms with E-state index in [1.165, 1.54) is 11.8 Å². The fourth-order valence-electron chi connectivity index (χ4n) is 2.26. The van der Waals surface area contributed by atoms with E-state index in [9.17, 15) is 4.79 Å². The molecule has 2 atom stereocenters. The molecule has 0 aliphatic heterocycles. The summed E-state index contributed by atoms with van der Waals surface area (Å²) in [5, 5.41) is 3.55. The van der Waals surface area contributed by atoms with E-state index >= 15 is 0 Å². The Morgan fingerprint density at radius 2 is 1.86 bits per heavy atom. The van der Waals surface area contributed by atoms with Crippen molar-refractivity contribution in [2.45, 2.75) is 43.9 Å². The molecule has 3 nitrogen and oxygen atoms in total. The number of hydrogen-bond acceptors (Lipinski definition) is 3. The molecule has 2 aromatic rings. The van der Waals surface area contributed by atoms with Crippen molar-refractivity contribution in [3.05, 3.63) is 52.4 Å². The second-order valence-corrected chi connectivity index (χ2v) is 7.16. The van der Waals surface area contributed by atoms with E-state index in [0.717, 1.165) is 22.0 Å². The highest BCUT2D eigenvalue weighted by molar-refractivity contribution is 8.00. The van der Waals surface area contributed by atoms with Gasteiger partial charge in [-0.05, 0) is 58.0 Å². The minimum Gasteiger partial charge on any atom is -0.466 e. The summed E-state index contributed by atoms with van der Waals surface area (Å²) in [5.74, 6) is 1.71. The van der Waals surface area contributed by atoms with E-state index in [-0.39, 0.29) is 17.2 Å². The standard InChI is InChI=1S/C17H20ClNO2S/c1-10-9-16(12(3)21-10)11(2)19-17(20)13(4)22-15-7-5-14(18)6-8-15/h5-9,11,13H,1-4H3,(H,19,20). The van der Waals surface area contributed by atoms with E-state index in [1.807, 2.05) is 58.0 Å². The Morgan fingerprint density at radius 1 is 1.23 bits per heavy atom. The first-order valence-corrected chi connectivity index (χ1v) is 8.42. The monoisotopic (exact) mass is 337 g/mol. The van der Waals surface area contributed by atoms with Gasteiger partial charge < -0.3 is 9.73 Å². The lowest BCUT2D eigenvalue weighted by molar-refractivity contribution is -0.120. The minimum absolute atomic E-state index is 0.00528. The molecule has 1 amide bonds. The number of hydrogen-bond donors (Lipinski definition) is 1. The zero-order valence-corrected chi connectivity index (χ0v) is 14.7. The van der Waals surface area contributed by atoms with Crippen LogP contribution in [0.3, 0.4) is 0 Å².